The second kappa shape index (κ2) is 32.3. The van der Waals surface area contributed by atoms with E-state index in [4.69, 9.17) is 0 Å². The van der Waals surface area contributed by atoms with Gasteiger partial charge in [0.1, 0.15) is 12.2 Å². The third-order valence-corrected chi connectivity index (χ3v) is 9.25. The Bertz CT molecular complexity index is 602. The Kier molecular flexibility index (Phi) is 31.8. The molecule has 0 rings (SSSR count). The molecule has 0 spiro atoms. The number of hydrogen-bond donors (Lipinski definition) is 5. The number of nitrogens with one attached hydrogen (secondary N) is 1. The van der Waals surface area contributed by atoms with Crippen LogP contribution in [0.25, 0.3) is 0 Å². The molecular weight excluding hydrogens is 550 g/mol. The smallest absolute Gasteiger partial charge is 0.249 e. The molecule has 5 N–H and O–H groups in total. The van der Waals surface area contributed by atoms with Crippen molar-refractivity contribution < 1.29 is 25.2 Å². The molecule has 0 saturated carbocycles. The Balaban J connectivity index is 3.73. The number of carbonyl (C=O) groups excluding carboxylic acids is 1. The van der Waals surface area contributed by atoms with Crippen LogP contribution in [-0.2, 0) is 4.79 Å². The van der Waals surface area contributed by atoms with Crippen LogP contribution in [0.1, 0.15) is 201 Å². The summed E-state index contributed by atoms with van der Waals surface area (Å²) in [7, 11) is 0. The number of unbranched alkanes of at least 4 members (excludes halogenated alkanes) is 23. The predicted molar refractivity (Wildman–Crippen MR) is 187 cm³/mol. The van der Waals surface area contributed by atoms with Crippen LogP contribution >= 0.6 is 0 Å². The zero-order chi connectivity index (χ0) is 32.7. The van der Waals surface area contributed by atoms with Crippen molar-refractivity contribution in [2.24, 2.45) is 5.92 Å². The Morgan fingerprint density at radius 2 is 0.864 bits per heavy atom. The zero-order valence-corrected chi connectivity index (χ0v) is 29.6. The molecule has 0 saturated heterocycles. The summed E-state index contributed by atoms with van der Waals surface area (Å²) in [6.45, 7) is 6.32. The van der Waals surface area contributed by atoms with Gasteiger partial charge in [0, 0.05) is 0 Å². The Morgan fingerprint density at radius 1 is 0.523 bits per heavy atom. The van der Waals surface area contributed by atoms with Crippen LogP contribution in [0.2, 0.25) is 0 Å². The molecule has 0 aromatic heterocycles. The van der Waals surface area contributed by atoms with Crippen molar-refractivity contribution in [3.8, 4) is 0 Å². The van der Waals surface area contributed by atoms with E-state index in [-0.39, 0.29) is 0 Å². The molecule has 0 heterocycles. The van der Waals surface area contributed by atoms with E-state index in [9.17, 15) is 25.2 Å². The first-order valence-electron chi connectivity index (χ1n) is 19.3. The van der Waals surface area contributed by atoms with E-state index in [1.54, 1.807) is 0 Å². The zero-order valence-electron chi connectivity index (χ0n) is 29.6. The molecule has 0 aliphatic rings. The second-order valence-corrected chi connectivity index (χ2v) is 14.1. The van der Waals surface area contributed by atoms with Crippen LogP contribution in [0.15, 0.2) is 0 Å². The van der Waals surface area contributed by atoms with E-state index in [1.807, 2.05) is 0 Å². The number of carbonyl (C=O) groups is 1. The lowest BCUT2D eigenvalue weighted by molar-refractivity contribution is -0.132. The maximum atomic E-state index is 12.4. The van der Waals surface area contributed by atoms with Crippen LogP contribution in [0.3, 0.4) is 0 Å². The average molecular weight is 628 g/mol. The van der Waals surface area contributed by atoms with E-state index >= 15 is 0 Å². The highest BCUT2D eigenvalue weighted by Crippen LogP contribution is 2.17. The van der Waals surface area contributed by atoms with E-state index in [2.05, 4.69) is 26.1 Å². The van der Waals surface area contributed by atoms with Gasteiger partial charge < -0.3 is 25.7 Å². The van der Waals surface area contributed by atoms with E-state index in [0.29, 0.717) is 12.8 Å². The molecule has 0 aromatic carbocycles. The number of rotatable bonds is 34. The molecule has 0 aromatic rings. The van der Waals surface area contributed by atoms with Gasteiger partial charge in [-0.3, -0.25) is 4.79 Å². The van der Waals surface area contributed by atoms with Gasteiger partial charge in [-0.2, -0.15) is 0 Å². The van der Waals surface area contributed by atoms with Crippen LogP contribution in [0, 0.1) is 5.92 Å². The predicted octanol–water partition coefficient (Wildman–Crippen LogP) is 9.14. The van der Waals surface area contributed by atoms with Gasteiger partial charge in [0.15, 0.2) is 0 Å². The van der Waals surface area contributed by atoms with Crippen molar-refractivity contribution in [3.05, 3.63) is 0 Å². The van der Waals surface area contributed by atoms with Crippen LogP contribution in [0.4, 0.5) is 0 Å². The molecule has 0 fully saturated rings. The molecule has 4 atom stereocenters. The average Bonchev–Trinajstić information content (AvgIpc) is 3.01. The highest BCUT2D eigenvalue weighted by atomic mass is 16.3. The normalized spacial score (nSPS) is 14.5. The lowest BCUT2D eigenvalue weighted by atomic mass is 9.98. The van der Waals surface area contributed by atoms with Crippen LogP contribution < -0.4 is 5.32 Å². The van der Waals surface area contributed by atoms with E-state index in [0.717, 1.165) is 44.4 Å². The van der Waals surface area contributed by atoms with Crippen molar-refractivity contribution in [1.82, 2.24) is 5.32 Å². The highest BCUT2D eigenvalue weighted by Gasteiger charge is 2.28. The summed E-state index contributed by atoms with van der Waals surface area (Å²) in [5.41, 5.74) is 0. The standard InChI is InChI=1S/C38H77NO5/c1-4-5-6-7-8-9-10-11-12-13-14-15-16-17-18-21-25-28-31-36(42)38(44)39-34(32-40)37(43)35(41)30-27-24-22-19-20-23-26-29-33(2)3/h33-37,40-43H,4-32H2,1-3H3,(H,39,44)/t34?,35?,36-,37?/m1/s1. The van der Waals surface area contributed by atoms with Gasteiger partial charge in [-0.05, 0) is 18.8 Å². The number of aliphatic hydroxyl groups is 4. The molecule has 3 unspecified atom stereocenters. The van der Waals surface area contributed by atoms with Crippen LogP contribution in [-0.4, -0.2) is 57.3 Å². The Labute approximate surface area is 273 Å². The molecule has 0 radical (unpaired) electrons. The summed E-state index contributed by atoms with van der Waals surface area (Å²) in [5.74, 6) is 0.192. The minimum absolute atomic E-state index is 0.374. The lowest BCUT2D eigenvalue weighted by Crippen LogP contribution is -2.53. The summed E-state index contributed by atoms with van der Waals surface area (Å²) in [6.07, 6.45) is 30.0. The molecule has 0 aliphatic heterocycles. The lowest BCUT2D eigenvalue weighted by Gasteiger charge is -2.27. The molecule has 6 nitrogen and oxygen atoms in total. The summed E-state index contributed by atoms with van der Waals surface area (Å²) >= 11 is 0. The van der Waals surface area contributed by atoms with Gasteiger partial charge in [0.05, 0.1) is 18.8 Å². The fourth-order valence-electron chi connectivity index (χ4n) is 6.12. The summed E-state index contributed by atoms with van der Waals surface area (Å²) in [6, 6.07) is -0.978. The van der Waals surface area contributed by atoms with E-state index < -0.39 is 36.9 Å². The quantitative estimate of drug-likeness (QED) is 0.0457. The van der Waals surface area contributed by atoms with Crippen molar-refractivity contribution in [2.75, 3.05) is 6.61 Å². The maximum absolute atomic E-state index is 12.4. The Morgan fingerprint density at radius 3 is 1.23 bits per heavy atom. The van der Waals surface area contributed by atoms with Gasteiger partial charge in [-0.15, -0.1) is 0 Å². The highest BCUT2D eigenvalue weighted by molar-refractivity contribution is 5.80. The SMILES string of the molecule is CCCCCCCCCCCCCCCCCCCC[C@@H](O)C(=O)NC(CO)C(O)C(O)CCCCCCCCCC(C)C. The molecule has 0 bridgehead atoms. The summed E-state index contributed by atoms with van der Waals surface area (Å²) in [5, 5.41) is 43.4. The largest absolute Gasteiger partial charge is 0.394 e. The topological polar surface area (TPSA) is 110 Å². The molecule has 6 heteroatoms. The molecular formula is C38H77NO5. The first-order valence-corrected chi connectivity index (χ1v) is 19.3. The molecule has 1 amide bonds. The van der Waals surface area contributed by atoms with Gasteiger partial charge in [-0.25, -0.2) is 0 Å². The van der Waals surface area contributed by atoms with Crippen molar-refractivity contribution in [3.63, 3.8) is 0 Å². The van der Waals surface area contributed by atoms with Crippen LogP contribution in [0.5, 0.6) is 0 Å². The summed E-state index contributed by atoms with van der Waals surface area (Å²) in [4.78, 5) is 12.4. The second-order valence-electron chi connectivity index (χ2n) is 14.1. The maximum Gasteiger partial charge on any atom is 0.249 e. The van der Waals surface area contributed by atoms with Crippen molar-refractivity contribution >= 4 is 5.91 Å². The number of aliphatic hydroxyl groups excluding tert-OH is 4. The first-order chi connectivity index (χ1) is 21.3. The monoisotopic (exact) mass is 628 g/mol. The fraction of sp³-hybridized carbons (Fsp3) is 0.974. The van der Waals surface area contributed by atoms with Gasteiger partial charge in [0.2, 0.25) is 5.91 Å². The van der Waals surface area contributed by atoms with Crippen molar-refractivity contribution in [1.29, 1.82) is 0 Å². The Hall–Kier alpha value is -0.690. The van der Waals surface area contributed by atoms with Gasteiger partial charge >= 0.3 is 0 Å². The molecule has 264 valence electrons. The third-order valence-electron chi connectivity index (χ3n) is 9.25. The minimum Gasteiger partial charge on any atom is -0.394 e. The molecule has 0 aliphatic carbocycles. The minimum atomic E-state index is -1.25. The van der Waals surface area contributed by atoms with Gasteiger partial charge in [-0.1, -0.05) is 188 Å². The molecule has 44 heavy (non-hydrogen) atoms. The fourth-order valence-corrected chi connectivity index (χ4v) is 6.12. The van der Waals surface area contributed by atoms with E-state index in [1.165, 1.54) is 128 Å². The first kappa shape index (κ1) is 43.3. The van der Waals surface area contributed by atoms with Crippen molar-refractivity contribution in [2.45, 2.75) is 225 Å². The summed E-state index contributed by atoms with van der Waals surface area (Å²) < 4.78 is 0. The number of hydrogen-bond acceptors (Lipinski definition) is 5. The third kappa shape index (κ3) is 27.6. The number of amides is 1. The van der Waals surface area contributed by atoms with Gasteiger partial charge in [0.25, 0.3) is 0 Å².